The van der Waals surface area contributed by atoms with Crippen molar-refractivity contribution in [1.29, 1.82) is 0 Å². The topological polar surface area (TPSA) is 9.23 Å². The van der Waals surface area contributed by atoms with Crippen LogP contribution in [0.1, 0.15) is 17.9 Å². The van der Waals surface area contributed by atoms with Crippen molar-refractivity contribution in [1.82, 2.24) is 0 Å². The predicted molar refractivity (Wildman–Crippen MR) is 112 cm³/mol. The SMILES string of the molecule is COc1ccc([C@@H]2C[C@H]2C[Si](C)(c2ccccc2)c2ccccc2)cc1. The molecule has 0 spiro atoms. The lowest BCUT2D eigenvalue weighted by Gasteiger charge is -2.29. The Morgan fingerprint density at radius 2 is 1.35 bits per heavy atom. The molecule has 26 heavy (non-hydrogen) atoms. The molecule has 2 atom stereocenters. The molecule has 1 fully saturated rings. The predicted octanol–water partition coefficient (Wildman–Crippen LogP) is 4.69. The van der Waals surface area contributed by atoms with Crippen molar-refractivity contribution in [2.75, 3.05) is 7.11 Å². The van der Waals surface area contributed by atoms with Crippen LogP contribution in [0, 0.1) is 5.92 Å². The van der Waals surface area contributed by atoms with Crippen LogP contribution in [0.15, 0.2) is 84.9 Å². The summed E-state index contributed by atoms with van der Waals surface area (Å²) in [6, 6.07) is 32.4. The van der Waals surface area contributed by atoms with Gasteiger partial charge >= 0.3 is 0 Å². The van der Waals surface area contributed by atoms with Gasteiger partial charge in [0.1, 0.15) is 13.8 Å². The molecule has 0 aliphatic heterocycles. The molecule has 0 unspecified atom stereocenters. The minimum Gasteiger partial charge on any atom is -0.497 e. The molecule has 132 valence electrons. The normalized spacial score (nSPS) is 19.2. The summed E-state index contributed by atoms with van der Waals surface area (Å²) in [7, 11) is 0.00849. The number of hydrogen-bond acceptors (Lipinski definition) is 1. The quantitative estimate of drug-likeness (QED) is 0.581. The summed E-state index contributed by atoms with van der Waals surface area (Å²) in [6.45, 7) is 2.54. The average molecular weight is 359 g/mol. The number of hydrogen-bond donors (Lipinski definition) is 0. The van der Waals surface area contributed by atoms with Crippen molar-refractivity contribution in [2.45, 2.75) is 24.9 Å². The van der Waals surface area contributed by atoms with Gasteiger partial charge in [-0.1, -0.05) is 89.7 Å². The molecule has 0 N–H and O–H groups in total. The van der Waals surface area contributed by atoms with Crippen LogP contribution in [0.3, 0.4) is 0 Å². The highest BCUT2D eigenvalue weighted by molar-refractivity contribution is 7.01. The standard InChI is InChI=1S/C24H26OSi/c1-25-21-15-13-19(14-16-21)24-17-20(24)18-26(2,22-9-5-3-6-10-22)23-11-7-4-8-12-23/h3-16,20,24H,17-18H2,1-2H3/t20-,24-/m0/s1. The Kier molecular flexibility index (Phi) is 4.69. The highest BCUT2D eigenvalue weighted by Gasteiger charge is 2.45. The van der Waals surface area contributed by atoms with E-state index in [0.29, 0.717) is 5.92 Å². The molecule has 1 aliphatic carbocycles. The number of methoxy groups -OCH3 is 1. The highest BCUT2D eigenvalue weighted by atomic mass is 28.3. The van der Waals surface area contributed by atoms with Gasteiger partial charge in [0.15, 0.2) is 0 Å². The van der Waals surface area contributed by atoms with Crippen LogP contribution in [0.5, 0.6) is 5.75 Å². The van der Waals surface area contributed by atoms with Gasteiger partial charge in [0.2, 0.25) is 0 Å². The summed E-state index contributed by atoms with van der Waals surface area (Å²) >= 11 is 0. The van der Waals surface area contributed by atoms with Crippen LogP contribution in [-0.2, 0) is 0 Å². The Bertz CT molecular complexity index is 803. The van der Waals surface area contributed by atoms with Crippen molar-refractivity contribution >= 4 is 18.4 Å². The van der Waals surface area contributed by atoms with E-state index in [1.807, 2.05) is 0 Å². The van der Waals surface area contributed by atoms with Crippen LogP contribution in [-0.4, -0.2) is 15.2 Å². The zero-order valence-electron chi connectivity index (χ0n) is 15.6. The van der Waals surface area contributed by atoms with E-state index in [9.17, 15) is 0 Å². The molecule has 0 amide bonds. The summed E-state index contributed by atoms with van der Waals surface area (Å²) in [6.07, 6.45) is 1.31. The van der Waals surface area contributed by atoms with Crippen LogP contribution in [0.2, 0.25) is 12.6 Å². The molecule has 0 aromatic heterocycles. The number of ether oxygens (including phenoxy) is 1. The van der Waals surface area contributed by atoms with Crippen molar-refractivity contribution in [2.24, 2.45) is 5.92 Å². The molecule has 4 rings (SSSR count). The third kappa shape index (κ3) is 3.34. The fourth-order valence-electron chi connectivity index (χ4n) is 4.27. The summed E-state index contributed by atoms with van der Waals surface area (Å²) in [5, 5.41) is 3.10. The molecule has 0 saturated heterocycles. The smallest absolute Gasteiger partial charge is 0.118 e. The van der Waals surface area contributed by atoms with Gasteiger partial charge in [-0.3, -0.25) is 0 Å². The second-order valence-corrected chi connectivity index (χ2v) is 11.9. The first-order chi connectivity index (χ1) is 12.7. The van der Waals surface area contributed by atoms with E-state index in [2.05, 4.69) is 91.5 Å². The van der Waals surface area contributed by atoms with Crippen molar-refractivity contribution < 1.29 is 4.74 Å². The van der Waals surface area contributed by atoms with E-state index >= 15 is 0 Å². The van der Waals surface area contributed by atoms with Crippen LogP contribution < -0.4 is 15.1 Å². The summed E-state index contributed by atoms with van der Waals surface area (Å²) < 4.78 is 5.30. The van der Waals surface area contributed by atoms with E-state index in [1.165, 1.54) is 18.0 Å². The lowest BCUT2D eigenvalue weighted by molar-refractivity contribution is 0.414. The van der Waals surface area contributed by atoms with Gasteiger partial charge in [-0.25, -0.2) is 0 Å². The molecule has 0 radical (unpaired) electrons. The van der Waals surface area contributed by atoms with Crippen LogP contribution in [0.4, 0.5) is 0 Å². The highest BCUT2D eigenvalue weighted by Crippen LogP contribution is 2.51. The molecule has 3 aromatic carbocycles. The molecular weight excluding hydrogens is 332 g/mol. The summed E-state index contributed by atoms with van der Waals surface area (Å²) in [4.78, 5) is 0. The number of benzene rings is 3. The minimum absolute atomic E-state index is 0.708. The zero-order valence-corrected chi connectivity index (χ0v) is 16.6. The second kappa shape index (κ2) is 7.12. The number of rotatable bonds is 6. The molecule has 0 heterocycles. The van der Waals surface area contributed by atoms with Crippen molar-refractivity contribution in [3.05, 3.63) is 90.5 Å². The first-order valence-electron chi connectivity index (χ1n) is 9.46. The lowest BCUT2D eigenvalue weighted by Crippen LogP contribution is -2.55. The van der Waals surface area contributed by atoms with Crippen LogP contribution >= 0.6 is 0 Å². The van der Waals surface area contributed by atoms with E-state index in [1.54, 1.807) is 17.5 Å². The average Bonchev–Trinajstić information content (AvgIpc) is 3.48. The maximum Gasteiger partial charge on any atom is 0.118 e. The van der Waals surface area contributed by atoms with Gasteiger partial charge in [0, 0.05) is 0 Å². The molecule has 1 aliphatic rings. The van der Waals surface area contributed by atoms with E-state index in [0.717, 1.165) is 11.7 Å². The third-order valence-electron chi connectivity index (χ3n) is 5.96. The first kappa shape index (κ1) is 17.1. The third-order valence-corrected chi connectivity index (χ3v) is 10.5. The van der Waals surface area contributed by atoms with E-state index in [-0.39, 0.29) is 0 Å². The monoisotopic (exact) mass is 358 g/mol. The van der Waals surface area contributed by atoms with Crippen LogP contribution in [0.25, 0.3) is 0 Å². The molecule has 1 saturated carbocycles. The van der Waals surface area contributed by atoms with Crippen molar-refractivity contribution in [3.63, 3.8) is 0 Å². The molecular formula is C24H26OSi. The first-order valence-corrected chi connectivity index (χ1v) is 12.2. The lowest BCUT2D eigenvalue weighted by atomic mass is 10.1. The minimum atomic E-state index is -1.72. The molecule has 1 nitrogen and oxygen atoms in total. The van der Waals surface area contributed by atoms with E-state index < -0.39 is 8.07 Å². The van der Waals surface area contributed by atoms with Gasteiger partial charge < -0.3 is 4.74 Å². The molecule has 0 bridgehead atoms. The van der Waals surface area contributed by atoms with Gasteiger partial charge in [0.05, 0.1) is 7.11 Å². The van der Waals surface area contributed by atoms with E-state index in [4.69, 9.17) is 4.74 Å². The van der Waals surface area contributed by atoms with Gasteiger partial charge in [-0.2, -0.15) is 0 Å². The fraction of sp³-hybridized carbons (Fsp3) is 0.250. The van der Waals surface area contributed by atoms with Gasteiger partial charge in [0.25, 0.3) is 0 Å². The molecule has 2 heteroatoms. The summed E-state index contributed by atoms with van der Waals surface area (Å²) in [5.74, 6) is 2.44. The zero-order chi connectivity index (χ0) is 18.0. The largest absolute Gasteiger partial charge is 0.497 e. The second-order valence-electron chi connectivity index (χ2n) is 7.64. The Morgan fingerprint density at radius 3 is 1.85 bits per heavy atom. The van der Waals surface area contributed by atoms with Crippen molar-refractivity contribution in [3.8, 4) is 5.75 Å². The fourth-order valence-corrected chi connectivity index (χ4v) is 8.43. The Morgan fingerprint density at radius 1 is 0.808 bits per heavy atom. The van der Waals surface area contributed by atoms with Gasteiger partial charge in [-0.05, 0) is 42.0 Å². The Hall–Kier alpha value is -2.32. The Balaban J connectivity index is 1.59. The Labute approximate surface area is 157 Å². The molecule has 3 aromatic rings. The van der Waals surface area contributed by atoms with Gasteiger partial charge in [-0.15, -0.1) is 0 Å². The summed E-state index contributed by atoms with van der Waals surface area (Å²) in [5.41, 5.74) is 1.47. The maximum atomic E-state index is 5.30. The maximum absolute atomic E-state index is 5.30.